The van der Waals surface area contributed by atoms with Crippen LogP contribution in [0.15, 0.2) is 29.4 Å². The van der Waals surface area contributed by atoms with Gasteiger partial charge in [0.2, 0.25) is 0 Å². The van der Waals surface area contributed by atoms with E-state index in [1.807, 2.05) is 6.92 Å². The van der Waals surface area contributed by atoms with Crippen molar-refractivity contribution in [3.63, 3.8) is 0 Å². The number of halogens is 3. The molecule has 1 fully saturated rings. The molecule has 2 rings (SSSR count). The summed E-state index contributed by atoms with van der Waals surface area (Å²) in [6.07, 6.45) is -4.32. The second kappa shape index (κ2) is 7.21. The van der Waals surface area contributed by atoms with Crippen molar-refractivity contribution in [2.75, 3.05) is 19.6 Å². The van der Waals surface area contributed by atoms with Crippen LogP contribution in [0.4, 0.5) is 13.2 Å². The van der Waals surface area contributed by atoms with Crippen LogP contribution in [0.25, 0.3) is 10.4 Å². The Labute approximate surface area is 133 Å². The van der Waals surface area contributed by atoms with E-state index in [9.17, 15) is 13.2 Å². The number of nitrogens with one attached hydrogen (secondary N) is 1. The zero-order valence-corrected chi connectivity index (χ0v) is 13.1. The number of azide groups is 1. The maximum Gasteiger partial charge on any atom is 0.416 e. The molecule has 0 spiro atoms. The standard InChI is InChI=1S/C15H20F3N5/c1-10-9-23(14(7-20-10)8-21-22-19)11(2)12-3-5-13(6-4-12)15(16,17)18/h3-6,10-11,14,20H,7-9H2,1-2H3/t10?,11?,14-/m0/s1. The van der Waals surface area contributed by atoms with Crippen LogP contribution in [0.1, 0.15) is 31.0 Å². The minimum atomic E-state index is -4.32. The van der Waals surface area contributed by atoms with Crippen LogP contribution in [0.5, 0.6) is 0 Å². The van der Waals surface area contributed by atoms with E-state index < -0.39 is 11.7 Å². The quantitative estimate of drug-likeness (QED) is 0.520. The molecule has 0 radical (unpaired) electrons. The Morgan fingerprint density at radius 3 is 2.61 bits per heavy atom. The lowest BCUT2D eigenvalue weighted by molar-refractivity contribution is -0.137. The molecule has 2 unspecified atom stereocenters. The SMILES string of the molecule is CC1CN(C(C)c2ccc(C(F)(F)F)cc2)[C@H](CN=[N+]=[N-])CN1. The molecule has 1 saturated heterocycles. The van der Waals surface area contributed by atoms with Gasteiger partial charge in [0.15, 0.2) is 0 Å². The monoisotopic (exact) mass is 327 g/mol. The van der Waals surface area contributed by atoms with E-state index in [1.54, 1.807) is 0 Å². The summed E-state index contributed by atoms with van der Waals surface area (Å²) in [5.41, 5.74) is 8.68. The Hall–Kier alpha value is -1.76. The molecule has 0 bridgehead atoms. The molecule has 1 aromatic carbocycles. The smallest absolute Gasteiger partial charge is 0.311 e. The van der Waals surface area contributed by atoms with Gasteiger partial charge in [0, 0.05) is 42.7 Å². The van der Waals surface area contributed by atoms with Gasteiger partial charge in [0.1, 0.15) is 0 Å². The number of hydrogen-bond donors (Lipinski definition) is 1. The van der Waals surface area contributed by atoms with Crippen molar-refractivity contribution in [2.24, 2.45) is 5.11 Å². The van der Waals surface area contributed by atoms with Gasteiger partial charge in [-0.05, 0) is 37.1 Å². The summed E-state index contributed by atoms with van der Waals surface area (Å²) < 4.78 is 38.0. The van der Waals surface area contributed by atoms with Crippen LogP contribution in [0.3, 0.4) is 0 Å². The molecule has 126 valence electrons. The van der Waals surface area contributed by atoms with E-state index in [0.717, 1.165) is 24.2 Å². The molecule has 8 heteroatoms. The Balaban J connectivity index is 2.18. The molecule has 1 aliphatic heterocycles. The van der Waals surface area contributed by atoms with Gasteiger partial charge in [-0.2, -0.15) is 13.2 Å². The number of hydrogen-bond acceptors (Lipinski definition) is 3. The van der Waals surface area contributed by atoms with E-state index in [1.165, 1.54) is 12.1 Å². The lowest BCUT2D eigenvalue weighted by atomic mass is 10.00. The number of rotatable bonds is 4. The summed E-state index contributed by atoms with van der Waals surface area (Å²) in [5, 5.41) is 6.98. The van der Waals surface area contributed by atoms with Gasteiger partial charge in [-0.15, -0.1) is 0 Å². The highest BCUT2D eigenvalue weighted by atomic mass is 19.4. The van der Waals surface area contributed by atoms with Crippen molar-refractivity contribution in [3.05, 3.63) is 45.8 Å². The van der Waals surface area contributed by atoms with Crippen molar-refractivity contribution >= 4 is 0 Å². The summed E-state index contributed by atoms with van der Waals surface area (Å²) in [4.78, 5) is 4.98. The Kier molecular flexibility index (Phi) is 5.51. The van der Waals surface area contributed by atoms with Gasteiger partial charge in [0.25, 0.3) is 0 Å². The van der Waals surface area contributed by atoms with E-state index in [2.05, 4.69) is 27.2 Å². The molecule has 0 aromatic heterocycles. The average molecular weight is 327 g/mol. The van der Waals surface area contributed by atoms with Gasteiger partial charge in [-0.25, -0.2) is 0 Å². The van der Waals surface area contributed by atoms with E-state index in [-0.39, 0.29) is 18.1 Å². The molecular weight excluding hydrogens is 307 g/mol. The molecule has 23 heavy (non-hydrogen) atoms. The molecular formula is C15H20F3N5. The lowest BCUT2D eigenvalue weighted by Crippen LogP contribution is -2.57. The highest BCUT2D eigenvalue weighted by molar-refractivity contribution is 5.26. The summed E-state index contributed by atoms with van der Waals surface area (Å²) in [6.45, 7) is 5.78. The molecule has 5 nitrogen and oxygen atoms in total. The number of piperazine rings is 1. The highest BCUT2D eigenvalue weighted by Gasteiger charge is 2.32. The fourth-order valence-corrected chi connectivity index (χ4v) is 2.90. The second-order valence-electron chi connectivity index (χ2n) is 5.87. The van der Waals surface area contributed by atoms with Crippen LogP contribution < -0.4 is 5.32 Å². The van der Waals surface area contributed by atoms with E-state index in [0.29, 0.717) is 13.1 Å². The molecule has 1 heterocycles. The van der Waals surface area contributed by atoms with Crippen molar-refractivity contribution in [1.82, 2.24) is 10.2 Å². The highest BCUT2D eigenvalue weighted by Crippen LogP contribution is 2.31. The molecule has 0 saturated carbocycles. The van der Waals surface area contributed by atoms with Gasteiger partial charge in [0.05, 0.1) is 5.56 Å². The number of alkyl halides is 3. The van der Waals surface area contributed by atoms with Crippen molar-refractivity contribution in [3.8, 4) is 0 Å². The van der Waals surface area contributed by atoms with Crippen LogP contribution >= 0.6 is 0 Å². The summed E-state index contributed by atoms with van der Waals surface area (Å²) in [6, 6.07) is 5.50. The number of benzene rings is 1. The largest absolute Gasteiger partial charge is 0.416 e. The topological polar surface area (TPSA) is 64.0 Å². The minimum Gasteiger partial charge on any atom is -0.311 e. The fraction of sp³-hybridized carbons (Fsp3) is 0.600. The predicted octanol–water partition coefficient (Wildman–Crippen LogP) is 3.74. The third kappa shape index (κ3) is 4.37. The number of nitrogens with zero attached hydrogens (tertiary/aromatic N) is 4. The maximum absolute atomic E-state index is 12.7. The average Bonchev–Trinajstić information content (AvgIpc) is 2.52. The van der Waals surface area contributed by atoms with Gasteiger partial charge < -0.3 is 5.32 Å². The molecule has 1 aliphatic rings. The fourth-order valence-electron chi connectivity index (χ4n) is 2.90. The summed E-state index contributed by atoms with van der Waals surface area (Å²) in [7, 11) is 0. The van der Waals surface area contributed by atoms with Crippen LogP contribution in [-0.4, -0.2) is 36.6 Å². The van der Waals surface area contributed by atoms with Crippen LogP contribution in [0.2, 0.25) is 0 Å². The zero-order chi connectivity index (χ0) is 17.0. The first kappa shape index (κ1) is 17.6. The Morgan fingerprint density at radius 2 is 2.04 bits per heavy atom. The Bertz CT molecular complexity index is 565. The van der Waals surface area contributed by atoms with Crippen molar-refractivity contribution in [1.29, 1.82) is 0 Å². The summed E-state index contributed by atoms with van der Waals surface area (Å²) >= 11 is 0. The predicted molar refractivity (Wildman–Crippen MR) is 81.8 cm³/mol. The van der Waals surface area contributed by atoms with Crippen molar-refractivity contribution < 1.29 is 13.2 Å². The first-order chi connectivity index (χ1) is 10.8. The van der Waals surface area contributed by atoms with E-state index >= 15 is 0 Å². The maximum atomic E-state index is 12.7. The third-order valence-corrected chi connectivity index (χ3v) is 4.23. The second-order valence-corrected chi connectivity index (χ2v) is 5.87. The van der Waals surface area contributed by atoms with Crippen molar-refractivity contribution in [2.45, 2.75) is 38.1 Å². The molecule has 0 aliphatic carbocycles. The molecule has 3 atom stereocenters. The third-order valence-electron chi connectivity index (χ3n) is 4.23. The van der Waals surface area contributed by atoms with Crippen LogP contribution in [-0.2, 0) is 6.18 Å². The normalized spacial score (nSPS) is 24.0. The van der Waals surface area contributed by atoms with E-state index in [4.69, 9.17) is 5.53 Å². The molecule has 0 amide bonds. The molecule has 1 N–H and O–H groups in total. The van der Waals surface area contributed by atoms with Gasteiger partial charge >= 0.3 is 6.18 Å². The van der Waals surface area contributed by atoms with Crippen LogP contribution in [0, 0.1) is 0 Å². The first-order valence-electron chi connectivity index (χ1n) is 7.50. The lowest BCUT2D eigenvalue weighted by Gasteiger charge is -2.42. The molecule has 1 aromatic rings. The Morgan fingerprint density at radius 1 is 1.39 bits per heavy atom. The summed E-state index contributed by atoms with van der Waals surface area (Å²) in [5.74, 6) is 0. The zero-order valence-electron chi connectivity index (χ0n) is 13.1. The van der Waals surface area contributed by atoms with Gasteiger partial charge in [-0.1, -0.05) is 17.2 Å². The first-order valence-corrected chi connectivity index (χ1v) is 7.50. The van der Waals surface area contributed by atoms with Gasteiger partial charge in [-0.3, -0.25) is 4.90 Å². The minimum absolute atomic E-state index is 0.0272.